The number of nitrogens with one attached hydrogen (secondary N) is 1. The number of carbonyl (C=O) groups excluding carboxylic acids is 2. The molecule has 4 aliphatic rings. The van der Waals surface area contributed by atoms with Crippen molar-refractivity contribution in [2.24, 2.45) is 35.0 Å². The summed E-state index contributed by atoms with van der Waals surface area (Å²) in [6, 6.07) is 0. The molecule has 1 amide bonds. The highest BCUT2D eigenvalue weighted by atomic mass is 16.6. The van der Waals surface area contributed by atoms with Crippen molar-refractivity contribution in [3.05, 3.63) is 11.6 Å². The number of hydrogen-bond acceptors (Lipinski definition) is 3. The molecule has 4 nitrogen and oxygen atoms in total. The predicted molar refractivity (Wildman–Crippen MR) is 96.0 cm³/mol. The minimum Gasteiger partial charge on any atom is -0.446 e. The van der Waals surface area contributed by atoms with E-state index in [0.717, 1.165) is 38.0 Å². The van der Waals surface area contributed by atoms with E-state index in [1.54, 1.807) is 7.05 Å². The van der Waals surface area contributed by atoms with Gasteiger partial charge < -0.3 is 10.1 Å². The molecule has 0 spiro atoms. The SMILES string of the molecule is CNC(=O)O[C@H]1CCC2C3C(CC[C@@]21C)C1CCC(=O)C=C1C[C@@H]3C. The van der Waals surface area contributed by atoms with Crippen molar-refractivity contribution >= 4 is 11.9 Å². The van der Waals surface area contributed by atoms with Crippen molar-refractivity contribution < 1.29 is 14.3 Å². The topological polar surface area (TPSA) is 55.4 Å². The summed E-state index contributed by atoms with van der Waals surface area (Å²) in [6.45, 7) is 4.74. The molecule has 3 fully saturated rings. The Hall–Kier alpha value is -1.32. The normalized spacial score (nSPS) is 45.7. The average molecular weight is 345 g/mol. The lowest BCUT2D eigenvalue weighted by Crippen LogP contribution is -2.51. The van der Waals surface area contributed by atoms with Crippen LogP contribution in [0.25, 0.3) is 0 Å². The van der Waals surface area contributed by atoms with Gasteiger partial charge in [0.2, 0.25) is 0 Å². The molecule has 3 saturated carbocycles. The third-order valence-electron chi connectivity index (χ3n) is 8.01. The summed E-state index contributed by atoms with van der Waals surface area (Å²) in [5.41, 5.74) is 1.55. The van der Waals surface area contributed by atoms with Crippen LogP contribution < -0.4 is 5.32 Å². The highest BCUT2D eigenvalue weighted by Gasteiger charge is 2.59. The molecule has 0 radical (unpaired) electrons. The number of carbonyl (C=O) groups is 2. The van der Waals surface area contributed by atoms with Crippen LogP contribution in [0, 0.1) is 35.0 Å². The van der Waals surface area contributed by atoms with Crippen LogP contribution in [0.2, 0.25) is 0 Å². The summed E-state index contributed by atoms with van der Waals surface area (Å²) >= 11 is 0. The lowest BCUT2D eigenvalue weighted by Gasteiger charge is -2.55. The van der Waals surface area contributed by atoms with Crippen molar-refractivity contribution in [1.82, 2.24) is 5.32 Å². The Balaban J connectivity index is 1.59. The van der Waals surface area contributed by atoms with E-state index in [0.29, 0.717) is 29.5 Å². The molecular formula is C21H31NO3. The molecule has 0 aliphatic heterocycles. The number of amides is 1. The number of fused-ring (bicyclic) bond motifs is 5. The number of ketones is 1. The molecule has 0 saturated heterocycles. The maximum Gasteiger partial charge on any atom is 0.407 e. The number of allylic oxidation sites excluding steroid dienone is 1. The molecule has 138 valence electrons. The lowest BCUT2D eigenvalue weighted by atomic mass is 9.49. The fourth-order valence-electron chi connectivity index (χ4n) is 6.92. The van der Waals surface area contributed by atoms with Gasteiger partial charge in [0.05, 0.1) is 0 Å². The molecule has 4 unspecified atom stereocenters. The van der Waals surface area contributed by atoms with E-state index >= 15 is 0 Å². The molecule has 1 N–H and O–H groups in total. The van der Waals surface area contributed by atoms with Crippen LogP contribution >= 0.6 is 0 Å². The number of hydrogen-bond donors (Lipinski definition) is 1. The fourth-order valence-corrected chi connectivity index (χ4v) is 6.92. The van der Waals surface area contributed by atoms with Gasteiger partial charge in [-0.2, -0.15) is 0 Å². The second-order valence-electron chi connectivity index (χ2n) is 9.13. The summed E-state index contributed by atoms with van der Waals surface area (Å²) in [5, 5.41) is 2.61. The second kappa shape index (κ2) is 6.14. The minimum absolute atomic E-state index is 0.0514. The van der Waals surface area contributed by atoms with E-state index in [9.17, 15) is 9.59 Å². The van der Waals surface area contributed by atoms with Crippen molar-refractivity contribution in [1.29, 1.82) is 0 Å². The van der Waals surface area contributed by atoms with Gasteiger partial charge in [-0.1, -0.05) is 19.4 Å². The van der Waals surface area contributed by atoms with E-state index in [1.807, 2.05) is 6.08 Å². The van der Waals surface area contributed by atoms with E-state index < -0.39 is 0 Å². The maximum atomic E-state index is 11.9. The number of rotatable bonds is 1. The summed E-state index contributed by atoms with van der Waals surface area (Å²) in [4.78, 5) is 23.6. The van der Waals surface area contributed by atoms with Crippen molar-refractivity contribution in [2.45, 2.75) is 64.9 Å². The molecular weight excluding hydrogens is 314 g/mol. The smallest absolute Gasteiger partial charge is 0.407 e. The highest BCUT2D eigenvalue weighted by Crippen LogP contribution is 2.63. The van der Waals surface area contributed by atoms with Gasteiger partial charge in [0, 0.05) is 18.9 Å². The molecule has 4 heteroatoms. The van der Waals surface area contributed by atoms with Gasteiger partial charge >= 0.3 is 6.09 Å². The quantitative estimate of drug-likeness (QED) is 0.778. The third-order valence-corrected chi connectivity index (χ3v) is 8.01. The first-order valence-corrected chi connectivity index (χ1v) is 10.1. The first-order valence-electron chi connectivity index (χ1n) is 10.1. The molecule has 0 aromatic rings. The Morgan fingerprint density at radius 2 is 2.08 bits per heavy atom. The first kappa shape index (κ1) is 17.1. The first-order chi connectivity index (χ1) is 11.9. The summed E-state index contributed by atoms with van der Waals surface area (Å²) in [5.74, 6) is 3.67. The van der Waals surface area contributed by atoms with Crippen LogP contribution in [0.5, 0.6) is 0 Å². The Morgan fingerprint density at radius 1 is 1.28 bits per heavy atom. The lowest BCUT2D eigenvalue weighted by molar-refractivity contribution is -0.116. The van der Waals surface area contributed by atoms with Gasteiger partial charge in [0.25, 0.3) is 0 Å². The summed E-state index contributed by atoms with van der Waals surface area (Å²) in [6.07, 6.45) is 9.14. The molecule has 25 heavy (non-hydrogen) atoms. The number of ether oxygens (including phenoxy) is 1. The molecule has 4 rings (SSSR count). The second-order valence-corrected chi connectivity index (χ2v) is 9.13. The highest BCUT2D eigenvalue weighted by molar-refractivity contribution is 5.91. The van der Waals surface area contributed by atoms with Gasteiger partial charge in [-0.05, 0) is 74.2 Å². The maximum absolute atomic E-state index is 11.9. The number of alkyl carbamates (subject to hydrolysis) is 1. The minimum atomic E-state index is -0.290. The Bertz CT molecular complexity index is 612. The predicted octanol–water partition coefficient (Wildman–Crippen LogP) is 4.10. The monoisotopic (exact) mass is 345 g/mol. The standard InChI is InChI=1S/C21H31NO3/c1-12-10-13-11-14(23)4-5-15(13)16-8-9-21(2)17(19(12)16)6-7-18(21)25-20(24)22-3/h11-12,15-19H,4-10H2,1-3H3,(H,22,24)/t12-,15?,16?,17?,18-,19?,21-/m0/s1. The average Bonchev–Trinajstić information content (AvgIpc) is 2.90. The molecule has 4 aliphatic carbocycles. The molecule has 0 aromatic carbocycles. The van der Waals surface area contributed by atoms with Crippen LogP contribution in [0.1, 0.15) is 58.8 Å². The fraction of sp³-hybridized carbons (Fsp3) is 0.810. The van der Waals surface area contributed by atoms with E-state index in [4.69, 9.17) is 4.74 Å². The molecule has 7 atom stereocenters. The Labute approximate surface area is 150 Å². The van der Waals surface area contributed by atoms with Crippen LogP contribution in [-0.2, 0) is 9.53 Å². The van der Waals surface area contributed by atoms with Crippen LogP contribution in [-0.4, -0.2) is 25.0 Å². The van der Waals surface area contributed by atoms with E-state index in [1.165, 1.54) is 18.4 Å². The van der Waals surface area contributed by atoms with Gasteiger partial charge in [-0.25, -0.2) is 4.79 Å². The molecule has 0 heterocycles. The zero-order chi connectivity index (χ0) is 17.8. The van der Waals surface area contributed by atoms with Gasteiger partial charge in [0.1, 0.15) is 6.10 Å². The van der Waals surface area contributed by atoms with Crippen LogP contribution in [0.15, 0.2) is 11.6 Å². The zero-order valence-electron chi connectivity index (χ0n) is 15.7. The van der Waals surface area contributed by atoms with Crippen molar-refractivity contribution in [2.75, 3.05) is 7.05 Å². The summed E-state index contributed by atoms with van der Waals surface area (Å²) < 4.78 is 5.76. The van der Waals surface area contributed by atoms with Gasteiger partial charge in [-0.3, -0.25) is 4.79 Å². The van der Waals surface area contributed by atoms with E-state index in [2.05, 4.69) is 19.2 Å². The van der Waals surface area contributed by atoms with Crippen molar-refractivity contribution in [3.63, 3.8) is 0 Å². The summed E-state index contributed by atoms with van der Waals surface area (Å²) in [7, 11) is 1.63. The van der Waals surface area contributed by atoms with Crippen LogP contribution in [0.4, 0.5) is 4.79 Å². The zero-order valence-corrected chi connectivity index (χ0v) is 15.7. The van der Waals surface area contributed by atoms with Gasteiger partial charge in [0.15, 0.2) is 5.78 Å². The van der Waals surface area contributed by atoms with Gasteiger partial charge in [-0.15, -0.1) is 0 Å². The molecule has 0 bridgehead atoms. The molecule has 0 aromatic heterocycles. The Kier molecular flexibility index (Phi) is 4.20. The largest absolute Gasteiger partial charge is 0.446 e. The van der Waals surface area contributed by atoms with E-state index in [-0.39, 0.29) is 17.6 Å². The third kappa shape index (κ3) is 2.63. The van der Waals surface area contributed by atoms with Crippen molar-refractivity contribution in [3.8, 4) is 0 Å². The Morgan fingerprint density at radius 3 is 2.84 bits per heavy atom. The van der Waals surface area contributed by atoms with Crippen LogP contribution in [0.3, 0.4) is 0 Å².